The number of aromatic hydroxyl groups is 2. The molecule has 31 heavy (non-hydrogen) atoms. The predicted molar refractivity (Wildman–Crippen MR) is 117 cm³/mol. The summed E-state index contributed by atoms with van der Waals surface area (Å²) in [5.74, 6) is -1.44. The van der Waals surface area contributed by atoms with Crippen molar-refractivity contribution in [2.75, 3.05) is 11.9 Å². The molecule has 0 atom stereocenters. The van der Waals surface area contributed by atoms with Crippen molar-refractivity contribution < 1.29 is 24.5 Å². The van der Waals surface area contributed by atoms with Gasteiger partial charge in [-0.15, -0.1) is 0 Å². The number of nitrogens with one attached hydrogen (secondary N) is 1. The number of nitrogens with zero attached hydrogens (tertiary/aromatic N) is 1. The second kappa shape index (κ2) is 7.27. The van der Waals surface area contributed by atoms with E-state index in [-0.39, 0.29) is 35.1 Å². The molecular weight excluding hydrogens is 399 g/mol. The number of hydrogen-bond donors (Lipinski definition) is 4. The first-order valence-corrected chi connectivity index (χ1v) is 10.3. The van der Waals surface area contributed by atoms with Gasteiger partial charge in [0, 0.05) is 29.1 Å². The molecule has 1 saturated carbocycles. The fraction of sp³-hybridized carbons (Fsp3) is 0.375. The van der Waals surface area contributed by atoms with E-state index < -0.39 is 11.2 Å². The maximum Gasteiger partial charge on any atom is 0.235 e. The summed E-state index contributed by atoms with van der Waals surface area (Å²) >= 11 is 0. The molecule has 4 rings (SSSR count). The summed E-state index contributed by atoms with van der Waals surface area (Å²) in [6.07, 6.45) is 1.15. The normalized spacial score (nSPS) is 15.3. The van der Waals surface area contributed by atoms with Crippen LogP contribution in [0.15, 0.2) is 36.4 Å². The summed E-state index contributed by atoms with van der Waals surface area (Å²) in [6, 6.07) is 9.31. The molecule has 0 bridgehead atoms. The van der Waals surface area contributed by atoms with Crippen molar-refractivity contribution in [1.82, 2.24) is 4.57 Å². The van der Waals surface area contributed by atoms with E-state index in [1.165, 1.54) is 18.2 Å². The van der Waals surface area contributed by atoms with Gasteiger partial charge in [-0.1, -0.05) is 26.8 Å². The molecule has 1 aliphatic carbocycles. The Labute approximate surface area is 179 Å². The van der Waals surface area contributed by atoms with Crippen LogP contribution in [0.25, 0.3) is 10.9 Å². The monoisotopic (exact) mass is 426 g/mol. The SMILES string of the molecule is CC(C)(C)c1cc2cc(NC(=O)C3(c4ccc(O)c(O)c4)CC3)c(F)cc2n1CCO. The molecule has 1 amide bonds. The molecule has 6 nitrogen and oxygen atoms in total. The summed E-state index contributed by atoms with van der Waals surface area (Å²) in [5.41, 5.74) is 1.27. The summed E-state index contributed by atoms with van der Waals surface area (Å²) in [6.45, 7) is 6.46. The van der Waals surface area contributed by atoms with Crippen LogP contribution in [0.1, 0.15) is 44.9 Å². The van der Waals surface area contributed by atoms with E-state index in [0.29, 0.717) is 30.5 Å². The Hall–Kier alpha value is -3.06. The lowest BCUT2D eigenvalue weighted by molar-refractivity contribution is -0.118. The summed E-state index contributed by atoms with van der Waals surface area (Å²) in [4.78, 5) is 13.1. The predicted octanol–water partition coefficient (Wildman–Crippen LogP) is 4.15. The minimum absolute atomic E-state index is 0.0606. The number of aliphatic hydroxyl groups excluding tert-OH is 1. The van der Waals surface area contributed by atoms with Gasteiger partial charge in [0.1, 0.15) is 5.82 Å². The number of carbonyl (C=O) groups excluding carboxylic acids is 1. The van der Waals surface area contributed by atoms with Crippen LogP contribution in [0.5, 0.6) is 11.5 Å². The molecule has 1 heterocycles. The van der Waals surface area contributed by atoms with Crippen LogP contribution < -0.4 is 5.32 Å². The number of amides is 1. The second-order valence-electron chi connectivity index (χ2n) is 9.29. The van der Waals surface area contributed by atoms with Crippen molar-refractivity contribution in [1.29, 1.82) is 0 Å². The third-order valence-corrected chi connectivity index (χ3v) is 6.04. The van der Waals surface area contributed by atoms with Gasteiger partial charge < -0.3 is 25.2 Å². The molecule has 1 aromatic heterocycles. The van der Waals surface area contributed by atoms with Gasteiger partial charge >= 0.3 is 0 Å². The lowest BCUT2D eigenvalue weighted by Crippen LogP contribution is -2.28. The zero-order valence-corrected chi connectivity index (χ0v) is 17.9. The van der Waals surface area contributed by atoms with E-state index in [2.05, 4.69) is 26.1 Å². The Bertz CT molecular complexity index is 1170. The van der Waals surface area contributed by atoms with E-state index >= 15 is 0 Å². The summed E-state index contributed by atoms with van der Waals surface area (Å²) in [7, 11) is 0. The van der Waals surface area contributed by atoms with E-state index in [1.54, 1.807) is 12.1 Å². The van der Waals surface area contributed by atoms with Gasteiger partial charge in [-0.25, -0.2) is 4.39 Å². The highest BCUT2D eigenvalue weighted by molar-refractivity contribution is 6.02. The molecule has 7 heteroatoms. The Morgan fingerprint density at radius 3 is 2.42 bits per heavy atom. The van der Waals surface area contributed by atoms with Crippen LogP contribution >= 0.6 is 0 Å². The largest absolute Gasteiger partial charge is 0.504 e. The first kappa shape index (κ1) is 21.2. The molecule has 2 aromatic carbocycles. The van der Waals surface area contributed by atoms with Crippen molar-refractivity contribution in [3.05, 3.63) is 53.5 Å². The maximum atomic E-state index is 15.0. The van der Waals surface area contributed by atoms with Crippen LogP contribution in [0, 0.1) is 5.82 Å². The molecule has 1 fully saturated rings. The minimum atomic E-state index is -0.841. The van der Waals surface area contributed by atoms with Crippen LogP contribution in [0.3, 0.4) is 0 Å². The van der Waals surface area contributed by atoms with Gasteiger partial charge in [-0.3, -0.25) is 4.79 Å². The lowest BCUT2D eigenvalue weighted by atomic mass is 9.92. The highest BCUT2D eigenvalue weighted by Gasteiger charge is 2.51. The van der Waals surface area contributed by atoms with Crippen LogP contribution in [-0.2, 0) is 22.2 Å². The number of benzene rings is 2. The zero-order valence-electron chi connectivity index (χ0n) is 17.9. The zero-order chi connectivity index (χ0) is 22.6. The Kier molecular flexibility index (Phi) is 4.97. The molecule has 1 aliphatic rings. The summed E-state index contributed by atoms with van der Waals surface area (Å²) in [5, 5.41) is 32.3. The Morgan fingerprint density at radius 1 is 1.13 bits per heavy atom. The first-order chi connectivity index (χ1) is 14.6. The molecule has 0 saturated heterocycles. The van der Waals surface area contributed by atoms with Crippen molar-refractivity contribution in [3.8, 4) is 11.5 Å². The van der Waals surface area contributed by atoms with Gasteiger partial charge in [0.05, 0.1) is 23.2 Å². The number of phenols is 2. The fourth-order valence-corrected chi connectivity index (χ4v) is 4.18. The first-order valence-electron chi connectivity index (χ1n) is 10.3. The van der Waals surface area contributed by atoms with Gasteiger partial charge in [-0.05, 0) is 42.7 Å². The van der Waals surface area contributed by atoms with Crippen LogP contribution in [-0.4, -0.2) is 32.4 Å². The van der Waals surface area contributed by atoms with Crippen molar-refractivity contribution in [2.24, 2.45) is 0 Å². The maximum absolute atomic E-state index is 15.0. The smallest absolute Gasteiger partial charge is 0.235 e. The third kappa shape index (κ3) is 3.63. The average Bonchev–Trinajstić information content (AvgIpc) is 3.43. The summed E-state index contributed by atoms with van der Waals surface area (Å²) < 4.78 is 16.9. The van der Waals surface area contributed by atoms with Crippen LogP contribution in [0.4, 0.5) is 10.1 Å². The minimum Gasteiger partial charge on any atom is -0.504 e. The average molecular weight is 426 g/mol. The molecule has 0 aliphatic heterocycles. The number of carbonyl (C=O) groups is 1. The molecule has 0 unspecified atom stereocenters. The molecule has 0 spiro atoms. The molecule has 4 N–H and O–H groups in total. The molecular formula is C24H27FN2O4. The number of halogens is 1. The number of rotatable bonds is 5. The number of anilines is 1. The Morgan fingerprint density at radius 2 is 1.84 bits per heavy atom. The highest BCUT2D eigenvalue weighted by atomic mass is 19.1. The quantitative estimate of drug-likeness (QED) is 0.461. The highest BCUT2D eigenvalue weighted by Crippen LogP contribution is 2.50. The molecule has 164 valence electrons. The number of fused-ring (bicyclic) bond motifs is 1. The van der Waals surface area contributed by atoms with Gasteiger partial charge in [0.15, 0.2) is 11.5 Å². The van der Waals surface area contributed by atoms with Crippen molar-refractivity contribution >= 4 is 22.5 Å². The standard InChI is InChI=1S/C24H27FN2O4/c1-23(2,3)21-11-14-10-17(16(25)13-18(14)27(21)8-9-28)26-22(31)24(6-7-24)15-4-5-19(29)20(30)12-15/h4-5,10-13,28-30H,6-9H2,1-3H3,(H,26,31). The lowest BCUT2D eigenvalue weighted by Gasteiger charge is -2.21. The fourth-order valence-electron chi connectivity index (χ4n) is 4.18. The number of phenolic OH excluding ortho intramolecular Hbond substituents is 2. The van der Waals surface area contributed by atoms with Gasteiger partial charge in [0.25, 0.3) is 0 Å². The molecule has 3 aromatic rings. The van der Waals surface area contributed by atoms with E-state index in [9.17, 15) is 24.5 Å². The van der Waals surface area contributed by atoms with Gasteiger partial charge in [0.2, 0.25) is 5.91 Å². The van der Waals surface area contributed by atoms with Crippen LogP contribution in [0.2, 0.25) is 0 Å². The molecule has 0 radical (unpaired) electrons. The third-order valence-electron chi connectivity index (χ3n) is 6.04. The van der Waals surface area contributed by atoms with Gasteiger partial charge in [-0.2, -0.15) is 0 Å². The van der Waals surface area contributed by atoms with E-state index in [4.69, 9.17) is 0 Å². The topological polar surface area (TPSA) is 94.7 Å². The second-order valence-corrected chi connectivity index (χ2v) is 9.29. The van der Waals surface area contributed by atoms with E-state index in [1.807, 2.05) is 10.6 Å². The number of hydrogen-bond acceptors (Lipinski definition) is 4. The number of aromatic nitrogens is 1. The van der Waals surface area contributed by atoms with E-state index in [0.717, 1.165) is 11.1 Å². The Balaban J connectivity index is 1.69. The van der Waals surface area contributed by atoms with Crippen molar-refractivity contribution in [3.63, 3.8) is 0 Å². The number of aliphatic hydroxyl groups is 1. The van der Waals surface area contributed by atoms with Crippen molar-refractivity contribution in [2.45, 2.75) is 51.0 Å².